The van der Waals surface area contributed by atoms with Crippen molar-refractivity contribution in [1.82, 2.24) is 10.9 Å². The Kier molecular flexibility index (Phi) is 10.3. The number of hydrogen-bond acceptors (Lipinski definition) is 4. The zero-order valence-corrected chi connectivity index (χ0v) is 19.6. The summed E-state index contributed by atoms with van der Waals surface area (Å²) in [5, 5.41) is 0.931. The molecule has 2 rings (SSSR count). The minimum absolute atomic E-state index is 0.180. The molecule has 0 aromatic heterocycles. The molecule has 0 atom stereocenters. The molecule has 0 saturated heterocycles. The molecule has 0 aliphatic rings. The highest BCUT2D eigenvalue weighted by Crippen LogP contribution is 2.28. The molecule has 0 heterocycles. The fraction of sp³-hybridized carbons (Fsp3) is 0.333. The highest BCUT2D eigenvalue weighted by Gasteiger charge is 2.11. The lowest BCUT2D eigenvalue weighted by atomic mass is 10.2. The smallest absolute Gasteiger partial charge is 0.269 e. The summed E-state index contributed by atoms with van der Waals surface area (Å²) in [6.07, 6.45) is 2.63. The Hall–Kier alpha value is -1.96. The lowest BCUT2D eigenvalue weighted by Gasteiger charge is -2.11. The van der Waals surface area contributed by atoms with E-state index in [0.717, 1.165) is 12.8 Å². The molecule has 30 heavy (non-hydrogen) atoms. The second-order valence-electron chi connectivity index (χ2n) is 6.38. The van der Waals surface area contributed by atoms with Gasteiger partial charge < -0.3 is 9.47 Å². The normalized spacial score (nSPS) is 10.4. The van der Waals surface area contributed by atoms with Crippen LogP contribution in [-0.4, -0.2) is 25.0 Å². The van der Waals surface area contributed by atoms with Gasteiger partial charge in [-0.1, -0.05) is 36.5 Å². The first-order valence-corrected chi connectivity index (χ1v) is 11.0. The van der Waals surface area contributed by atoms with Crippen LogP contribution in [0.4, 0.5) is 0 Å². The highest BCUT2D eigenvalue weighted by atomic mass is 79.9. The Morgan fingerprint density at radius 2 is 1.67 bits per heavy atom. The van der Waals surface area contributed by atoms with E-state index in [1.807, 2.05) is 0 Å². The molecule has 0 spiro atoms. The number of rotatable bonds is 10. The van der Waals surface area contributed by atoms with Crippen LogP contribution in [0.2, 0.25) is 10.0 Å². The Bertz CT molecular complexity index is 880. The number of carbonyl (C=O) groups is 2. The summed E-state index contributed by atoms with van der Waals surface area (Å²) >= 11 is 15.2. The van der Waals surface area contributed by atoms with E-state index >= 15 is 0 Å². The maximum Gasteiger partial charge on any atom is 0.269 e. The average Bonchev–Trinajstić information content (AvgIpc) is 2.72. The second kappa shape index (κ2) is 12.7. The fourth-order valence-corrected chi connectivity index (χ4v) is 3.31. The van der Waals surface area contributed by atoms with Gasteiger partial charge in [0.25, 0.3) is 5.91 Å². The molecule has 0 aliphatic heterocycles. The summed E-state index contributed by atoms with van der Waals surface area (Å²) in [4.78, 5) is 24.1. The third kappa shape index (κ3) is 8.05. The number of nitrogens with one attached hydrogen (secondary N) is 2. The van der Waals surface area contributed by atoms with Crippen molar-refractivity contribution >= 4 is 50.9 Å². The molecule has 2 aromatic carbocycles. The van der Waals surface area contributed by atoms with Gasteiger partial charge in [-0.3, -0.25) is 20.4 Å². The minimum atomic E-state index is -0.423. The van der Waals surface area contributed by atoms with Crippen molar-refractivity contribution in [2.45, 2.75) is 32.6 Å². The summed E-state index contributed by atoms with van der Waals surface area (Å²) in [6, 6.07) is 9.93. The van der Waals surface area contributed by atoms with E-state index in [1.54, 1.807) is 36.4 Å². The summed E-state index contributed by atoms with van der Waals surface area (Å²) in [6.45, 7) is 3.00. The van der Waals surface area contributed by atoms with Crippen LogP contribution in [0.5, 0.6) is 11.5 Å². The molecular formula is C21H23BrCl2N2O4. The Morgan fingerprint density at radius 3 is 2.37 bits per heavy atom. The van der Waals surface area contributed by atoms with Crippen LogP contribution >= 0.6 is 39.1 Å². The number of hydrazine groups is 1. The van der Waals surface area contributed by atoms with Gasteiger partial charge in [0, 0.05) is 17.0 Å². The number of benzene rings is 2. The van der Waals surface area contributed by atoms with Gasteiger partial charge in [0.15, 0.2) is 0 Å². The van der Waals surface area contributed by atoms with Gasteiger partial charge in [0.1, 0.15) is 11.5 Å². The van der Waals surface area contributed by atoms with E-state index in [1.165, 1.54) is 0 Å². The zero-order chi connectivity index (χ0) is 21.9. The van der Waals surface area contributed by atoms with Crippen LogP contribution < -0.4 is 20.3 Å². The first-order valence-electron chi connectivity index (χ1n) is 9.50. The van der Waals surface area contributed by atoms with Gasteiger partial charge in [0.2, 0.25) is 5.91 Å². The van der Waals surface area contributed by atoms with Crippen LogP contribution in [0.3, 0.4) is 0 Å². The summed E-state index contributed by atoms with van der Waals surface area (Å²) in [5.74, 6) is 0.424. The van der Waals surface area contributed by atoms with Gasteiger partial charge in [-0.15, -0.1) is 0 Å². The van der Waals surface area contributed by atoms with Crippen LogP contribution in [0.15, 0.2) is 40.9 Å². The third-order valence-electron chi connectivity index (χ3n) is 3.96. The van der Waals surface area contributed by atoms with E-state index in [9.17, 15) is 9.59 Å². The van der Waals surface area contributed by atoms with Crippen molar-refractivity contribution in [2.75, 3.05) is 13.2 Å². The Morgan fingerprint density at radius 1 is 0.967 bits per heavy atom. The number of ether oxygens (including phenoxy) is 2. The number of halogens is 3. The molecule has 0 bridgehead atoms. The molecule has 9 heteroatoms. The molecule has 2 aromatic rings. The van der Waals surface area contributed by atoms with Crippen LogP contribution in [-0.2, 0) is 4.79 Å². The second-order valence-corrected chi connectivity index (χ2v) is 8.07. The number of unbranched alkanes of at least 4 members (excludes halogenated alkanes) is 1. The molecule has 2 amide bonds. The quantitative estimate of drug-likeness (QED) is 0.319. The topological polar surface area (TPSA) is 76.7 Å². The monoisotopic (exact) mass is 516 g/mol. The molecule has 162 valence electrons. The molecule has 0 unspecified atom stereocenters. The van der Waals surface area contributed by atoms with Gasteiger partial charge in [-0.25, -0.2) is 0 Å². The highest BCUT2D eigenvalue weighted by molar-refractivity contribution is 9.10. The third-order valence-corrected chi connectivity index (χ3v) is 5.11. The number of amides is 2. The molecule has 0 aliphatic carbocycles. The van der Waals surface area contributed by atoms with Gasteiger partial charge in [-0.2, -0.15) is 0 Å². The maximum absolute atomic E-state index is 12.2. The van der Waals surface area contributed by atoms with Crippen molar-refractivity contribution in [3.8, 4) is 11.5 Å². The van der Waals surface area contributed by atoms with Gasteiger partial charge >= 0.3 is 0 Å². The van der Waals surface area contributed by atoms with E-state index < -0.39 is 5.91 Å². The van der Waals surface area contributed by atoms with E-state index in [2.05, 4.69) is 33.7 Å². The molecule has 0 saturated carbocycles. The first kappa shape index (κ1) is 24.3. The standard InChI is InChI=1S/C21H23BrCl2N2O4/c1-2-3-10-29-18-8-6-14(12-16(18)22)21(28)26-25-20(27)5-4-11-30-19-9-7-15(23)13-17(19)24/h6-9,12-13H,2-5,10-11H2,1H3,(H,25,27)(H,26,28). The molecule has 0 radical (unpaired) electrons. The van der Waals surface area contributed by atoms with Crippen molar-refractivity contribution in [2.24, 2.45) is 0 Å². The van der Waals surface area contributed by atoms with Crippen molar-refractivity contribution < 1.29 is 19.1 Å². The van der Waals surface area contributed by atoms with Crippen molar-refractivity contribution in [1.29, 1.82) is 0 Å². The van der Waals surface area contributed by atoms with Crippen molar-refractivity contribution in [3.63, 3.8) is 0 Å². The van der Waals surface area contributed by atoms with Gasteiger partial charge in [-0.05, 0) is 65.2 Å². The number of hydrogen-bond donors (Lipinski definition) is 2. The van der Waals surface area contributed by atoms with E-state index in [4.69, 9.17) is 32.7 Å². The minimum Gasteiger partial charge on any atom is -0.492 e. The molecule has 2 N–H and O–H groups in total. The lowest BCUT2D eigenvalue weighted by molar-refractivity contribution is -0.122. The molecule has 6 nitrogen and oxygen atoms in total. The van der Waals surface area contributed by atoms with Crippen molar-refractivity contribution in [3.05, 3.63) is 56.5 Å². The van der Waals surface area contributed by atoms with Gasteiger partial charge in [0.05, 0.1) is 22.7 Å². The largest absolute Gasteiger partial charge is 0.492 e. The van der Waals surface area contributed by atoms with Crippen LogP contribution in [0, 0.1) is 0 Å². The fourth-order valence-electron chi connectivity index (χ4n) is 2.35. The zero-order valence-electron chi connectivity index (χ0n) is 16.5. The number of carbonyl (C=O) groups excluding carboxylic acids is 2. The van der Waals surface area contributed by atoms with E-state index in [-0.39, 0.29) is 12.3 Å². The van der Waals surface area contributed by atoms with E-state index in [0.29, 0.717) is 51.2 Å². The Labute approximate surface area is 194 Å². The van der Waals surface area contributed by atoms with Crippen LogP contribution in [0.25, 0.3) is 0 Å². The Balaban J connectivity index is 1.71. The maximum atomic E-state index is 12.2. The lowest BCUT2D eigenvalue weighted by Crippen LogP contribution is -2.41. The molecule has 0 fully saturated rings. The first-order chi connectivity index (χ1) is 14.4. The summed E-state index contributed by atoms with van der Waals surface area (Å²) < 4.78 is 11.8. The summed E-state index contributed by atoms with van der Waals surface area (Å²) in [7, 11) is 0. The predicted octanol–water partition coefficient (Wildman–Crippen LogP) is 5.56. The summed E-state index contributed by atoms with van der Waals surface area (Å²) in [5.41, 5.74) is 5.18. The predicted molar refractivity (Wildman–Crippen MR) is 121 cm³/mol. The molecular weight excluding hydrogens is 495 g/mol. The van der Waals surface area contributed by atoms with Crippen LogP contribution in [0.1, 0.15) is 43.0 Å². The SMILES string of the molecule is CCCCOc1ccc(C(=O)NNC(=O)CCCOc2ccc(Cl)cc2Cl)cc1Br. The average molecular weight is 518 g/mol.